The normalized spacial score (nSPS) is 10.8. The molecule has 2 nitrogen and oxygen atoms in total. The molecule has 0 aliphatic heterocycles. The molecule has 1 aromatic heterocycles. The maximum absolute atomic E-state index is 12.2. The zero-order chi connectivity index (χ0) is 14.0. The Kier molecular flexibility index (Phi) is 4.31. The lowest BCUT2D eigenvalue weighted by molar-refractivity contribution is -0.0498. The molecule has 0 amide bonds. The van der Waals surface area contributed by atoms with Crippen LogP contribution >= 0.6 is 27.3 Å². The van der Waals surface area contributed by atoms with Gasteiger partial charge in [-0.05, 0) is 53.2 Å². The number of rotatable bonds is 4. The van der Waals surface area contributed by atoms with Gasteiger partial charge in [-0.1, -0.05) is 0 Å². The van der Waals surface area contributed by atoms with Crippen LogP contribution < -0.4 is 4.74 Å². The van der Waals surface area contributed by atoms with Gasteiger partial charge in [-0.25, -0.2) is 0 Å². The van der Waals surface area contributed by atoms with Gasteiger partial charge in [0.05, 0.1) is 4.88 Å². The van der Waals surface area contributed by atoms with E-state index in [4.69, 9.17) is 0 Å². The quantitative estimate of drug-likeness (QED) is 0.753. The summed E-state index contributed by atoms with van der Waals surface area (Å²) in [4.78, 5) is 13.8. The summed E-state index contributed by atoms with van der Waals surface area (Å²) in [5.41, 5.74) is 0.434. The van der Waals surface area contributed by atoms with Crippen LogP contribution in [0.5, 0.6) is 5.75 Å². The number of hydrogen-bond donors (Lipinski definition) is 0. The summed E-state index contributed by atoms with van der Waals surface area (Å²) in [5.74, 6) is -0.110. The van der Waals surface area contributed by atoms with Crippen molar-refractivity contribution in [1.29, 1.82) is 0 Å². The number of ketones is 1. The zero-order valence-corrected chi connectivity index (χ0v) is 12.2. The van der Waals surface area contributed by atoms with E-state index in [0.29, 0.717) is 10.4 Å². The van der Waals surface area contributed by atoms with Crippen LogP contribution in [0.1, 0.15) is 20.1 Å². The van der Waals surface area contributed by atoms with Crippen molar-refractivity contribution in [3.05, 3.63) is 50.1 Å². The average molecular weight is 347 g/mol. The van der Waals surface area contributed by atoms with Gasteiger partial charge in [0.1, 0.15) is 5.75 Å². The summed E-state index contributed by atoms with van der Waals surface area (Å²) >= 11 is 4.71. The predicted molar refractivity (Wildman–Crippen MR) is 73.3 cm³/mol. The number of alkyl halides is 2. The summed E-state index contributed by atoms with van der Waals surface area (Å²) in [6.45, 7) is -0.957. The largest absolute Gasteiger partial charge is 0.435 e. The van der Waals surface area contributed by atoms with Gasteiger partial charge in [0.25, 0.3) is 0 Å². The fourth-order valence-electron chi connectivity index (χ4n) is 1.56. The summed E-state index contributed by atoms with van der Waals surface area (Å²) in [6.07, 6.45) is 0. The van der Waals surface area contributed by atoms with E-state index in [9.17, 15) is 13.6 Å². The number of hydrogen-bond acceptors (Lipinski definition) is 3. The minimum Gasteiger partial charge on any atom is -0.435 e. The second kappa shape index (κ2) is 5.79. The maximum atomic E-state index is 12.2. The highest BCUT2D eigenvalue weighted by Crippen LogP contribution is 2.29. The third-order valence-corrected chi connectivity index (χ3v) is 4.29. The molecule has 0 saturated heterocycles. The van der Waals surface area contributed by atoms with Gasteiger partial charge in [0, 0.05) is 14.9 Å². The zero-order valence-electron chi connectivity index (χ0n) is 9.82. The minimum atomic E-state index is -2.87. The van der Waals surface area contributed by atoms with Crippen LogP contribution in [0.3, 0.4) is 0 Å². The van der Waals surface area contributed by atoms with Crippen molar-refractivity contribution in [2.24, 2.45) is 0 Å². The van der Waals surface area contributed by atoms with Gasteiger partial charge in [-0.2, -0.15) is 8.78 Å². The van der Waals surface area contributed by atoms with Gasteiger partial charge in [-0.15, -0.1) is 11.3 Å². The fourth-order valence-corrected chi connectivity index (χ4v) is 3.34. The number of aryl methyl sites for hydroxylation is 1. The van der Waals surface area contributed by atoms with E-state index in [-0.39, 0.29) is 11.5 Å². The fraction of sp³-hybridized carbons (Fsp3) is 0.154. The summed E-state index contributed by atoms with van der Waals surface area (Å²) in [5, 5.41) is 0. The third kappa shape index (κ3) is 3.39. The highest BCUT2D eigenvalue weighted by atomic mass is 79.9. The van der Waals surface area contributed by atoms with Crippen LogP contribution in [0.2, 0.25) is 0 Å². The second-order valence-electron chi connectivity index (χ2n) is 3.77. The molecule has 19 heavy (non-hydrogen) atoms. The predicted octanol–water partition coefficient (Wildman–Crippen LogP) is 4.65. The lowest BCUT2D eigenvalue weighted by Crippen LogP contribution is -2.03. The number of carbonyl (C=O) groups is 1. The van der Waals surface area contributed by atoms with Crippen LogP contribution in [0.15, 0.2) is 34.8 Å². The molecule has 0 spiro atoms. The monoisotopic (exact) mass is 346 g/mol. The van der Waals surface area contributed by atoms with Crippen molar-refractivity contribution in [1.82, 2.24) is 0 Å². The topological polar surface area (TPSA) is 26.3 Å². The number of halogens is 3. The third-order valence-electron chi connectivity index (χ3n) is 2.36. The molecule has 0 saturated carbocycles. The Morgan fingerprint density at radius 1 is 1.32 bits per heavy atom. The van der Waals surface area contributed by atoms with E-state index in [1.54, 1.807) is 0 Å². The summed E-state index contributed by atoms with van der Waals surface area (Å²) < 4.78 is 29.0. The number of benzene rings is 1. The lowest BCUT2D eigenvalue weighted by atomic mass is 10.1. The van der Waals surface area contributed by atoms with Crippen LogP contribution in [0, 0.1) is 6.92 Å². The molecule has 100 valence electrons. The first kappa shape index (κ1) is 14.1. The summed E-state index contributed by atoms with van der Waals surface area (Å²) in [6, 6.07) is 7.52. The van der Waals surface area contributed by atoms with Gasteiger partial charge < -0.3 is 4.74 Å². The molecule has 0 fully saturated rings. The number of thiophene rings is 1. The molecule has 2 aromatic rings. The van der Waals surface area contributed by atoms with E-state index in [0.717, 1.165) is 9.35 Å². The molecule has 0 radical (unpaired) electrons. The van der Waals surface area contributed by atoms with Crippen molar-refractivity contribution in [3.8, 4) is 5.75 Å². The van der Waals surface area contributed by atoms with Gasteiger partial charge in [-0.3, -0.25) is 4.79 Å². The summed E-state index contributed by atoms with van der Waals surface area (Å²) in [7, 11) is 0. The molecule has 1 heterocycles. The van der Waals surface area contributed by atoms with E-state index in [1.807, 2.05) is 13.0 Å². The first-order chi connectivity index (χ1) is 8.97. The smallest absolute Gasteiger partial charge is 0.387 e. The van der Waals surface area contributed by atoms with E-state index < -0.39 is 6.61 Å². The SMILES string of the molecule is Cc1cc(Br)c(C(=O)c2ccc(OC(F)F)cc2)s1. The van der Waals surface area contributed by atoms with Crippen molar-refractivity contribution >= 4 is 33.0 Å². The van der Waals surface area contributed by atoms with E-state index >= 15 is 0 Å². The highest BCUT2D eigenvalue weighted by Gasteiger charge is 2.15. The van der Waals surface area contributed by atoms with Crippen LogP contribution in [-0.2, 0) is 0 Å². The highest BCUT2D eigenvalue weighted by molar-refractivity contribution is 9.10. The Labute approximate surface area is 121 Å². The Balaban J connectivity index is 2.22. The Hall–Kier alpha value is -1.27. The standard InChI is InChI=1S/C13H9BrF2O2S/c1-7-6-10(14)12(19-7)11(17)8-2-4-9(5-3-8)18-13(15)16/h2-6,13H,1H3. The molecule has 1 aromatic carbocycles. The minimum absolute atomic E-state index is 0.0352. The van der Waals surface area contributed by atoms with Crippen LogP contribution in [-0.4, -0.2) is 12.4 Å². The first-order valence-electron chi connectivity index (χ1n) is 5.33. The maximum Gasteiger partial charge on any atom is 0.387 e. The Bertz CT molecular complexity index is 593. The number of ether oxygens (including phenoxy) is 1. The molecule has 0 aliphatic carbocycles. The molecule has 2 rings (SSSR count). The second-order valence-corrected chi connectivity index (χ2v) is 5.88. The van der Waals surface area contributed by atoms with Crippen molar-refractivity contribution in [2.75, 3.05) is 0 Å². The molecule has 0 unspecified atom stereocenters. The van der Waals surface area contributed by atoms with Crippen molar-refractivity contribution < 1.29 is 18.3 Å². The van der Waals surface area contributed by atoms with Crippen molar-refractivity contribution in [2.45, 2.75) is 13.5 Å². The van der Waals surface area contributed by atoms with Crippen LogP contribution in [0.4, 0.5) is 8.78 Å². The van der Waals surface area contributed by atoms with Gasteiger partial charge in [0.15, 0.2) is 0 Å². The Morgan fingerprint density at radius 2 is 1.95 bits per heavy atom. The molecule has 0 bridgehead atoms. The molecule has 0 aliphatic rings. The Morgan fingerprint density at radius 3 is 2.42 bits per heavy atom. The van der Waals surface area contributed by atoms with E-state index in [1.165, 1.54) is 35.6 Å². The molecular formula is C13H9BrF2O2S. The van der Waals surface area contributed by atoms with Crippen LogP contribution in [0.25, 0.3) is 0 Å². The average Bonchev–Trinajstić information content (AvgIpc) is 2.68. The van der Waals surface area contributed by atoms with Gasteiger partial charge >= 0.3 is 6.61 Å². The first-order valence-corrected chi connectivity index (χ1v) is 6.94. The van der Waals surface area contributed by atoms with E-state index in [2.05, 4.69) is 20.7 Å². The lowest BCUT2D eigenvalue weighted by Gasteiger charge is -2.05. The molecule has 0 N–H and O–H groups in total. The molecular weight excluding hydrogens is 338 g/mol. The molecule has 0 atom stereocenters. The molecule has 6 heteroatoms. The number of carbonyl (C=O) groups excluding carboxylic acids is 1. The van der Waals surface area contributed by atoms with Crippen molar-refractivity contribution in [3.63, 3.8) is 0 Å². The van der Waals surface area contributed by atoms with Gasteiger partial charge in [0.2, 0.25) is 5.78 Å².